The number of carbonyl (C=O) groups is 1. The smallest absolute Gasteiger partial charge is 0.241 e. The Hall–Kier alpha value is -1.43. The minimum Gasteiger partial charge on any atom is -0.339 e. The van der Waals surface area contributed by atoms with Gasteiger partial charge in [0.1, 0.15) is 6.04 Å². The Labute approximate surface area is 139 Å². The van der Waals surface area contributed by atoms with Crippen LogP contribution < -0.4 is 10.9 Å². The molecule has 1 aromatic rings. The minimum absolute atomic E-state index is 0.114. The van der Waals surface area contributed by atoms with Crippen molar-refractivity contribution >= 4 is 5.91 Å². The van der Waals surface area contributed by atoms with E-state index in [1.165, 1.54) is 5.56 Å². The fraction of sp³-hybridized carbons (Fsp3) is 0.611. The molecule has 0 bridgehead atoms. The van der Waals surface area contributed by atoms with Crippen molar-refractivity contribution in [3.05, 3.63) is 35.9 Å². The lowest BCUT2D eigenvalue weighted by Gasteiger charge is -2.36. The Morgan fingerprint density at radius 2 is 1.83 bits per heavy atom. The lowest BCUT2D eigenvalue weighted by atomic mass is 10.0. The van der Waals surface area contributed by atoms with Gasteiger partial charge >= 0.3 is 0 Å². The van der Waals surface area contributed by atoms with E-state index < -0.39 is 0 Å². The van der Waals surface area contributed by atoms with E-state index in [1.807, 2.05) is 23.1 Å². The fourth-order valence-electron chi connectivity index (χ4n) is 3.51. The summed E-state index contributed by atoms with van der Waals surface area (Å²) in [4.78, 5) is 17.2. The van der Waals surface area contributed by atoms with Crippen molar-refractivity contribution in [3.63, 3.8) is 0 Å². The van der Waals surface area contributed by atoms with Crippen molar-refractivity contribution < 1.29 is 4.79 Å². The van der Waals surface area contributed by atoms with Gasteiger partial charge in [-0.05, 0) is 17.9 Å². The highest BCUT2D eigenvalue weighted by Crippen LogP contribution is 2.23. The summed E-state index contributed by atoms with van der Waals surface area (Å²) in [6, 6.07) is 10.4. The molecule has 0 spiro atoms. The molecule has 0 aliphatic carbocycles. The van der Waals surface area contributed by atoms with Crippen LogP contribution in [0, 0.1) is 5.92 Å². The van der Waals surface area contributed by atoms with Gasteiger partial charge in [0.05, 0.1) is 0 Å². The van der Waals surface area contributed by atoms with Gasteiger partial charge in [0, 0.05) is 38.8 Å². The molecule has 1 amide bonds. The molecule has 0 radical (unpaired) electrons. The fourth-order valence-corrected chi connectivity index (χ4v) is 3.51. The van der Waals surface area contributed by atoms with Crippen LogP contribution in [0.1, 0.15) is 31.9 Å². The average molecular weight is 316 g/mol. The van der Waals surface area contributed by atoms with E-state index in [1.54, 1.807) is 0 Å². The Bertz CT molecular complexity index is 511. The highest BCUT2D eigenvalue weighted by molar-refractivity contribution is 5.82. The van der Waals surface area contributed by atoms with Crippen molar-refractivity contribution in [1.29, 1.82) is 0 Å². The molecule has 126 valence electrons. The second kappa shape index (κ2) is 7.43. The molecule has 5 nitrogen and oxygen atoms in total. The minimum atomic E-state index is -0.114. The lowest BCUT2D eigenvalue weighted by molar-refractivity contribution is -0.135. The number of nitrogens with one attached hydrogen (secondary N) is 2. The average Bonchev–Trinajstić information content (AvgIpc) is 3.05. The van der Waals surface area contributed by atoms with Gasteiger partial charge in [-0.2, -0.15) is 0 Å². The summed E-state index contributed by atoms with van der Waals surface area (Å²) in [7, 11) is 0. The normalized spacial score (nSPS) is 26.0. The molecule has 0 saturated carbocycles. The number of hydrogen-bond donors (Lipinski definition) is 2. The van der Waals surface area contributed by atoms with Crippen LogP contribution >= 0.6 is 0 Å². The molecule has 2 aliphatic heterocycles. The number of hydrogen-bond acceptors (Lipinski definition) is 4. The summed E-state index contributed by atoms with van der Waals surface area (Å²) < 4.78 is 0. The zero-order valence-corrected chi connectivity index (χ0v) is 14.2. The van der Waals surface area contributed by atoms with Crippen molar-refractivity contribution in [1.82, 2.24) is 20.7 Å². The predicted octanol–water partition coefficient (Wildman–Crippen LogP) is 1.39. The molecule has 2 saturated heterocycles. The van der Waals surface area contributed by atoms with Gasteiger partial charge in [-0.3, -0.25) is 9.69 Å². The van der Waals surface area contributed by atoms with E-state index in [0.29, 0.717) is 5.92 Å². The van der Waals surface area contributed by atoms with Crippen molar-refractivity contribution in [2.45, 2.75) is 32.4 Å². The van der Waals surface area contributed by atoms with Crippen LogP contribution in [0.4, 0.5) is 0 Å². The molecular weight excluding hydrogens is 288 g/mol. The maximum Gasteiger partial charge on any atom is 0.241 e. The number of benzene rings is 1. The molecule has 2 aliphatic rings. The van der Waals surface area contributed by atoms with E-state index in [2.05, 4.69) is 41.7 Å². The number of carbonyl (C=O) groups excluding carboxylic acids is 1. The molecule has 3 rings (SSSR count). The zero-order chi connectivity index (χ0) is 16.2. The van der Waals surface area contributed by atoms with Gasteiger partial charge in [-0.15, -0.1) is 0 Å². The van der Waals surface area contributed by atoms with Gasteiger partial charge in [0.15, 0.2) is 0 Å². The lowest BCUT2D eigenvalue weighted by Crippen LogP contribution is -2.54. The first-order valence-electron chi connectivity index (χ1n) is 8.70. The summed E-state index contributed by atoms with van der Waals surface area (Å²) in [5.74, 6) is 0.921. The van der Waals surface area contributed by atoms with E-state index in [0.717, 1.165) is 39.1 Å². The van der Waals surface area contributed by atoms with Crippen molar-refractivity contribution in [2.75, 3.05) is 32.7 Å². The molecule has 5 heteroatoms. The van der Waals surface area contributed by atoms with Gasteiger partial charge in [0.25, 0.3) is 0 Å². The van der Waals surface area contributed by atoms with E-state index in [9.17, 15) is 4.79 Å². The Balaban J connectivity index is 1.50. The topological polar surface area (TPSA) is 47.6 Å². The van der Waals surface area contributed by atoms with Crippen LogP contribution in [0.2, 0.25) is 0 Å². The second-order valence-corrected chi connectivity index (χ2v) is 7.06. The van der Waals surface area contributed by atoms with Crippen LogP contribution in [0.25, 0.3) is 0 Å². The Morgan fingerprint density at radius 1 is 1.13 bits per heavy atom. The third-order valence-corrected chi connectivity index (χ3v) is 4.71. The number of amides is 1. The first-order valence-corrected chi connectivity index (χ1v) is 8.70. The number of rotatable bonds is 4. The molecule has 2 atom stereocenters. The third kappa shape index (κ3) is 4.10. The summed E-state index contributed by atoms with van der Waals surface area (Å²) in [6.45, 7) is 9.30. The van der Waals surface area contributed by atoms with Crippen molar-refractivity contribution in [3.8, 4) is 0 Å². The van der Waals surface area contributed by atoms with Gasteiger partial charge in [0.2, 0.25) is 5.91 Å². The van der Waals surface area contributed by atoms with Crippen LogP contribution in [0.5, 0.6) is 0 Å². The highest BCUT2D eigenvalue weighted by atomic mass is 16.2. The SMILES string of the molecule is CC(C)CN1CCN(C(=O)C2CC(c3ccccc3)NN2)CC1. The maximum absolute atomic E-state index is 12.7. The first-order chi connectivity index (χ1) is 11.1. The second-order valence-electron chi connectivity index (χ2n) is 7.06. The Morgan fingerprint density at radius 3 is 2.48 bits per heavy atom. The summed E-state index contributed by atoms with van der Waals surface area (Å²) in [5, 5.41) is 0. The first kappa shape index (κ1) is 16.4. The molecule has 2 heterocycles. The van der Waals surface area contributed by atoms with Crippen LogP contribution in [-0.4, -0.2) is 54.5 Å². The van der Waals surface area contributed by atoms with Crippen LogP contribution in [0.15, 0.2) is 30.3 Å². The van der Waals surface area contributed by atoms with Crippen LogP contribution in [-0.2, 0) is 4.79 Å². The molecule has 2 unspecified atom stereocenters. The van der Waals surface area contributed by atoms with Gasteiger partial charge < -0.3 is 4.90 Å². The quantitative estimate of drug-likeness (QED) is 0.881. The summed E-state index contributed by atoms with van der Waals surface area (Å²) >= 11 is 0. The monoisotopic (exact) mass is 316 g/mol. The van der Waals surface area contributed by atoms with E-state index in [4.69, 9.17) is 0 Å². The molecule has 23 heavy (non-hydrogen) atoms. The van der Waals surface area contributed by atoms with E-state index >= 15 is 0 Å². The third-order valence-electron chi connectivity index (χ3n) is 4.71. The number of hydrazine groups is 1. The van der Waals surface area contributed by atoms with Crippen molar-refractivity contribution in [2.24, 2.45) is 5.92 Å². The van der Waals surface area contributed by atoms with Gasteiger partial charge in [-0.1, -0.05) is 44.2 Å². The predicted molar refractivity (Wildman–Crippen MR) is 91.7 cm³/mol. The molecule has 2 fully saturated rings. The standard InChI is InChI=1S/C18H28N4O/c1-14(2)13-21-8-10-22(11-9-21)18(23)17-12-16(19-20-17)15-6-4-3-5-7-15/h3-7,14,16-17,19-20H,8-13H2,1-2H3. The largest absolute Gasteiger partial charge is 0.339 e. The zero-order valence-electron chi connectivity index (χ0n) is 14.2. The summed E-state index contributed by atoms with van der Waals surface area (Å²) in [6.07, 6.45) is 0.815. The Kier molecular flexibility index (Phi) is 5.30. The molecular formula is C18H28N4O. The van der Waals surface area contributed by atoms with Gasteiger partial charge in [-0.25, -0.2) is 10.9 Å². The molecule has 2 N–H and O–H groups in total. The molecule has 0 aromatic heterocycles. The number of piperazine rings is 1. The maximum atomic E-state index is 12.7. The van der Waals surface area contributed by atoms with Crippen LogP contribution in [0.3, 0.4) is 0 Å². The molecule has 1 aromatic carbocycles. The number of nitrogens with zero attached hydrogens (tertiary/aromatic N) is 2. The summed E-state index contributed by atoms with van der Waals surface area (Å²) in [5.41, 5.74) is 7.69. The van der Waals surface area contributed by atoms with E-state index in [-0.39, 0.29) is 18.0 Å². The highest BCUT2D eigenvalue weighted by Gasteiger charge is 2.33.